The molecule has 0 bridgehead atoms. The highest BCUT2D eigenvalue weighted by molar-refractivity contribution is 7.88. The Hall–Kier alpha value is -1.93. The van der Waals surface area contributed by atoms with Crippen LogP contribution in [0.2, 0.25) is 0 Å². The number of carbonyl (C=O) groups is 2. The number of primary amides is 1. The lowest BCUT2D eigenvalue weighted by atomic mass is 10.1. The molecule has 8 heteroatoms. The molecule has 4 N–H and O–H groups in total. The maximum absolute atomic E-state index is 11.5. The average molecular weight is 272 g/mol. The molecule has 98 valence electrons. The van der Waals surface area contributed by atoms with Gasteiger partial charge in [-0.15, -0.1) is 0 Å². The van der Waals surface area contributed by atoms with Crippen LogP contribution in [-0.2, 0) is 20.6 Å². The molecule has 0 spiro atoms. The Morgan fingerprint density at radius 1 is 1.22 bits per heavy atom. The van der Waals surface area contributed by atoms with Crippen molar-refractivity contribution < 1.29 is 23.1 Å². The summed E-state index contributed by atoms with van der Waals surface area (Å²) in [4.78, 5) is 21.0. The van der Waals surface area contributed by atoms with Gasteiger partial charge in [0.1, 0.15) is 0 Å². The molecular formula is C10H12N2O5S. The Labute approximate surface area is 104 Å². The van der Waals surface area contributed by atoms with Crippen LogP contribution in [0.15, 0.2) is 24.3 Å². The number of nitrogens with one attached hydrogen (secondary N) is 1. The van der Waals surface area contributed by atoms with E-state index in [9.17, 15) is 18.0 Å². The highest BCUT2D eigenvalue weighted by Gasteiger charge is 2.12. The molecule has 0 aliphatic rings. The van der Waals surface area contributed by atoms with Crippen molar-refractivity contribution >= 4 is 21.9 Å². The van der Waals surface area contributed by atoms with E-state index in [0.717, 1.165) is 0 Å². The fourth-order valence-electron chi connectivity index (χ4n) is 1.20. The van der Waals surface area contributed by atoms with E-state index >= 15 is 0 Å². The molecule has 18 heavy (non-hydrogen) atoms. The number of aromatic carboxylic acids is 1. The zero-order valence-electron chi connectivity index (χ0n) is 9.29. The van der Waals surface area contributed by atoms with E-state index < -0.39 is 28.4 Å². The van der Waals surface area contributed by atoms with Crippen molar-refractivity contribution in [3.63, 3.8) is 0 Å². The van der Waals surface area contributed by atoms with E-state index in [1.165, 1.54) is 24.3 Å². The molecule has 0 radical (unpaired) electrons. The monoisotopic (exact) mass is 272 g/mol. The second-order valence-corrected chi connectivity index (χ2v) is 5.36. The van der Waals surface area contributed by atoms with Crippen LogP contribution in [-0.4, -0.2) is 31.9 Å². The highest BCUT2D eigenvalue weighted by atomic mass is 32.2. The van der Waals surface area contributed by atoms with Crippen molar-refractivity contribution in [2.45, 2.75) is 5.75 Å². The third-order valence-corrected chi connectivity index (χ3v) is 3.32. The summed E-state index contributed by atoms with van der Waals surface area (Å²) >= 11 is 0. The van der Waals surface area contributed by atoms with Gasteiger partial charge in [0.2, 0.25) is 15.9 Å². The molecule has 1 aromatic rings. The molecule has 0 saturated carbocycles. The van der Waals surface area contributed by atoms with Crippen molar-refractivity contribution in [2.24, 2.45) is 5.73 Å². The van der Waals surface area contributed by atoms with Gasteiger partial charge in [-0.05, 0) is 17.7 Å². The molecule has 0 aromatic heterocycles. The lowest BCUT2D eigenvalue weighted by Crippen LogP contribution is -2.34. The molecule has 0 heterocycles. The summed E-state index contributed by atoms with van der Waals surface area (Å²) in [5, 5.41) is 8.67. The fraction of sp³-hybridized carbons (Fsp3) is 0.200. The van der Waals surface area contributed by atoms with E-state index in [-0.39, 0.29) is 11.3 Å². The maximum atomic E-state index is 11.5. The first kappa shape index (κ1) is 14.1. The number of amides is 1. The molecule has 0 atom stereocenters. The predicted octanol–water partition coefficient (Wildman–Crippen LogP) is -0.710. The van der Waals surface area contributed by atoms with Gasteiger partial charge in [-0.3, -0.25) is 4.79 Å². The quantitative estimate of drug-likeness (QED) is 0.630. The Morgan fingerprint density at radius 3 is 2.22 bits per heavy atom. The standard InChI is InChI=1S/C10H12N2O5S/c11-9(13)5-12-18(16,17)6-7-1-3-8(4-2-7)10(14)15/h1-4,12H,5-6H2,(H2,11,13)(H,14,15). The number of nitrogens with two attached hydrogens (primary N) is 1. The molecule has 0 unspecified atom stereocenters. The van der Waals surface area contributed by atoms with Crippen LogP contribution < -0.4 is 10.5 Å². The highest BCUT2D eigenvalue weighted by Crippen LogP contribution is 2.07. The fourth-order valence-corrected chi connectivity index (χ4v) is 2.29. The lowest BCUT2D eigenvalue weighted by molar-refractivity contribution is -0.116. The molecule has 0 aliphatic heterocycles. The summed E-state index contributed by atoms with van der Waals surface area (Å²) in [5.41, 5.74) is 5.30. The van der Waals surface area contributed by atoms with E-state index in [4.69, 9.17) is 10.8 Å². The van der Waals surface area contributed by atoms with Crippen LogP contribution in [0.1, 0.15) is 15.9 Å². The molecule has 1 rings (SSSR count). The Morgan fingerprint density at radius 2 is 1.78 bits per heavy atom. The van der Waals surface area contributed by atoms with Crippen molar-refractivity contribution in [1.82, 2.24) is 4.72 Å². The van der Waals surface area contributed by atoms with Crippen LogP contribution in [0.3, 0.4) is 0 Å². The number of hydrogen-bond donors (Lipinski definition) is 3. The van der Waals surface area contributed by atoms with Gasteiger partial charge in [-0.25, -0.2) is 17.9 Å². The largest absolute Gasteiger partial charge is 0.478 e. The lowest BCUT2D eigenvalue weighted by Gasteiger charge is -2.05. The summed E-state index contributed by atoms with van der Waals surface area (Å²) < 4.78 is 25.0. The second kappa shape index (κ2) is 5.61. The van der Waals surface area contributed by atoms with Crippen LogP contribution in [0.25, 0.3) is 0 Å². The smallest absolute Gasteiger partial charge is 0.335 e. The van der Waals surface area contributed by atoms with Crippen LogP contribution >= 0.6 is 0 Å². The number of benzene rings is 1. The normalized spacial score (nSPS) is 11.1. The molecule has 0 aliphatic carbocycles. The molecule has 0 fully saturated rings. The van der Waals surface area contributed by atoms with E-state index in [1.807, 2.05) is 4.72 Å². The summed E-state index contributed by atoms with van der Waals surface area (Å²) in [7, 11) is -3.66. The number of sulfonamides is 1. The van der Waals surface area contributed by atoms with Gasteiger partial charge in [0.15, 0.2) is 0 Å². The minimum absolute atomic E-state index is 0.0706. The minimum atomic E-state index is -3.66. The first-order valence-electron chi connectivity index (χ1n) is 4.88. The molecule has 1 amide bonds. The molecule has 1 aromatic carbocycles. The van der Waals surface area contributed by atoms with Crippen molar-refractivity contribution in [2.75, 3.05) is 6.54 Å². The SMILES string of the molecule is NC(=O)CNS(=O)(=O)Cc1ccc(C(=O)O)cc1. The van der Waals surface area contributed by atoms with Crippen LogP contribution in [0.5, 0.6) is 0 Å². The van der Waals surface area contributed by atoms with Crippen molar-refractivity contribution in [1.29, 1.82) is 0 Å². The maximum Gasteiger partial charge on any atom is 0.335 e. The number of carboxylic acid groups (broad SMARTS) is 1. The van der Waals surface area contributed by atoms with Gasteiger partial charge in [0.05, 0.1) is 17.9 Å². The average Bonchev–Trinajstić information content (AvgIpc) is 2.27. The van der Waals surface area contributed by atoms with Gasteiger partial charge >= 0.3 is 5.97 Å². The first-order valence-corrected chi connectivity index (χ1v) is 6.53. The molecule has 0 saturated heterocycles. The topological polar surface area (TPSA) is 127 Å². The van der Waals surface area contributed by atoms with Gasteiger partial charge in [-0.2, -0.15) is 0 Å². The molecule has 7 nitrogen and oxygen atoms in total. The van der Waals surface area contributed by atoms with E-state index in [0.29, 0.717) is 5.56 Å². The minimum Gasteiger partial charge on any atom is -0.478 e. The Balaban J connectivity index is 2.72. The second-order valence-electron chi connectivity index (χ2n) is 3.55. The molecular weight excluding hydrogens is 260 g/mol. The van der Waals surface area contributed by atoms with Crippen molar-refractivity contribution in [3.05, 3.63) is 35.4 Å². The number of carboxylic acids is 1. The number of hydrogen-bond acceptors (Lipinski definition) is 4. The van der Waals surface area contributed by atoms with Crippen LogP contribution in [0.4, 0.5) is 0 Å². The zero-order valence-corrected chi connectivity index (χ0v) is 10.1. The summed E-state index contributed by atoms with van der Waals surface area (Å²) in [6.45, 7) is -0.463. The third-order valence-electron chi connectivity index (χ3n) is 2.02. The third kappa shape index (κ3) is 4.52. The Kier molecular flexibility index (Phi) is 4.40. The van der Waals surface area contributed by atoms with Gasteiger partial charge in [0, 0.05) is 0 Å². The van der Waals surface area contributed by atoms with Gasteiger partial charge in [0.25, 0.3) is 0 Å². The number of carbonyl (C=O) groups excluding carboxylic acids is 1. The summed E-state index contributed by atoms with van der Waals surface area (Å²) in [6.07, 6.45) is 0. The van der Waals surface area contributed by atoms with E-state index in [2.05, 4.69) is 0 Å². The van der Waals surface area contributed by atoms with Crippen LogP contribution in [0, 0.1) is 0 Å². The first-order chi connectivity index (χ1) is 8.30. The number of rotatable bonds is 6. The summed E-state index contributed by atoms with van der Waals surface area (Å²) in [5.74, 6) is -2.21. The van der Waals surface area contributed by atoms with E-state index in [1.54, 1.807) is 0 Å². The van der Waals surface area contributed by atoms with Gasteiger partial charge < -0.3 is 10.8 Å². The summed E-state index contributed by atoms with van der Waals surface area (Å²) in [6, 6.07) is 5.41. The zero-order chi connectivity index (χ0) is 13.8. The predicted molar refractivity (Wildman–Crippen MR) is 63.2 cm³/mol. The Bertz CT molecular complexity index is 550. The van der Waals surface area contributed by atoms with Crippen molar-refractivity contribution in [3.8, 4) is 0 Å². The van der Waals surface area contributed by atoms with Gasteiger partial charge in [-0.1, -0.05) is 12.1 Å².